The molecule has 0 spiro atoms. The first kappa shape index (κ1) is 14.1. The molecule has 0 saturated heterocycles. The third-order valence-electron chi connectivity index (χ3n) is 2.63. The Morgan fingerprint density at radius 1 is 1.30 bits per heavy atom. The Labute approximate surface area is 115 Å². The smallest absolute Gasteiger partial charge is 0.360 e. The zero-order valence-electron chi connectivity index (χ0n) is 11.9. The van der Waals surface area contributed by atoms with E-state index in [2.05, 4.69) is 25.7 Å². The average Bonchev–Trinajstić information content (AvgIpc) is 2.96. The number of hydrogen-bond donors (Lipinski definition) is 0. The van der Waals surface area contributed by atoms with E-state index in [1.54, 1.807) is 18.7 Å². The highest BCUT2D eigenvalue weighted by Crippen LogP contribution is 2.18. The van der Waals surface area contributed by atoms with Crippen LogP contribution in [0.25, 0.3) is 0 Å². The maximum atomic E-state index is 11.9. The van der Waals surface area contributed by atoms with E-state index in [-0.39, 0.29) is 11.6 Å². The molecule has 0 atom stereocenters. The largest absolute Gasteiger partial charge is 0.461 e. The van der Waals surface area contributed by atoms with Crippen LogP contribution in [0.3, 0.4) is 0 Å². The Hall–Kier alpha value is -2.32. The van der Waals surface area contributed by atoms with Crippen molar-refractivity contribution in [2.24, 2.45) is 7.05 Å². The van der Waals surface area contributed by atoms with Gasteiger partial charge in [-0.25, -0.2) is 9.48 Å². The minimum absolute atomic E-state index is 0.0704. The highest BCUT2D eigenvalue weighted by Gasteiger charge is 2.23. The number of aromatic nitrogens is 7. The van der Waals surface area contributed by atoms with Gasteiger partial charge in [0.25, 0.3) is 0 Å². The first-order valence-electron chi connectivity index (χ1n) is 6.36. The molecule has 0 aliphatic rings. The summed E-state index contributed by atoms with van der Waals surface area (Å²) in [5, 5.41) is 19.7. The Balaban J connectivity index is 2.31. The van der Waals surface area contributed by atoms with Crippen molar-refractivity contribution in [2.45, 2.75) is 33.2 Å². The van der Waals surface area contributed by atoms with Crippen LogP contribution in [0.5, 0.6) is 0 Å². The fourth-order valence-electron chi connectivity index (χ4n) is 1.87. The second-order valence-corrected chi connectivity index (χ2v) is 4.55. The Bertz CT molecular complexity index is 602. The summed E-state index contributed by atoms with van der Waals surface area (Å²) in [4.78, 5) is 13.2. The number of nitrogens with zero attached hydrogens (tertiary/aromatic N) is 7. The third-order valence-corrected chi connectivity index (χ3v) is 2.63. The lowest BCUT2D eigenvalue weighted by atomic mass is 10.1. The lowest BCUT2D eigenvalue weighted by molar-refractivity contribution is 0.0517. The molecule has 0 N–H and O–H groups in total. The van der Waals surface area contributed by atoms with E-state index >= 15 is 0 Å². The number of esters is 1. The molecule has 0 amide bonds. The summed E-state index contributed by atoms with van der Waals surface area (Å²) in [6, 6.07) is 0. The summed E-state index contributed by atoms with van der Waals surface area (Å²) in [7, 11) is 1.69. The molecule has 0 saturated carbocycles. The Kier molecular flexibility index (Phi) is 4.06. The molecular weight excluding hydrogens is 262 g/mol. The average molecular weight is 279 g/mol. The monoisotopic (exact) mass is 279 g/mol. The summed E-state index contributed by atoms with van der Waals surface area (Å²) in [6.07, 6.45) is 0. The molecule has 108 valence electrons. The van der Waals surface area contributed by atoms with E-state index in [1.807, 2.05) is 13.8 Å². The van der Waals surface area contributed by atoms with Gasteiger partial charge in [0, 0.05) is 0 Å². The van der Waals surface area contributed by atoms with Gasteiger partial charge in [-0.3, -0.25) is 0 Å². The number of rotatable bonds is 5. The second-order valence-electron chi connectivity index (χ2n) is 4.55. The van der Waals surface area contributed by atoms with Crippen LogP contribution in [0.1, 0.15) is 48.7 Å². The number of hydrogen-bond acceptors (Lipinski definition) is 7. The SMILES string of the molecule is CCOC(=O)c1nnn(Cc2nnn(C)n2)c1C(C)C. The zero-order chi connectivity index (χ0) is 14.7. The highest BCUT2D eigenvalue weighted by molar-refractivity contribution is 5.88. The van der Waals surface area contributed by atoms with Crippen LogP contribution in [0.4, 0.5) is 0 Å². The number of tetrazole rings is 1. The van der Waals surface area contributed by atoms with Crippen LogP contribution in [-0.4, -0.2) is 47.8 Å². The summed E-state index contributed by atoms with van der Waals surface area (Å²) in [5.41, 5.74) is 0.946. The fraction of sp³-hybridized carbons (Fsp3) is 0.636. The number of carbonyl (C=O) groups is 1. The van der Waals surface area contributed by atoms with Gasteiger partial charge in [-0.15, -0.1) is 15.3 Å². The normalized spacial score (nSPS) is 11.1. The van der Waals surface area contributed by atoms with E-state index in [0.717, 1.165) is 0 Å². The predicted molar refractivity (Wildman–Crippen MR) is 68.0 cm³/mol. The van der Waals surface area contributed by atoms with Gasteiger partial charge in [-0.1, -0.05) is 19.1 Å². The maximum absolute atomic E-state index is 11.9. The lowest BCUT2D eigenvalue weighted by Crippen LogP contribution is -2.13. The molecule has 2 heterocycles. The molecule has 2 aromatic heterocycles. The zero-order valence-corrected chi connectivity index (χ0v) is 11.9. The molecule has 20 heavy (non-hydrogen) atoms. The topological polar surface area (TPSA) is 101 Å². The van der Waals surface area contributed by atoms with Crippen LogP contribution in [0.15, 0.2) is 0 Å². The maximum Gasteiger partial charge on any atom is 0.360 e. The molecule has 9 nitrogen and oxygen atoms in total. The summed E-state index contributed by atoms with van der Waals surface area (Å²) in [6.45, 7) is 6.29. The summed E-state index contributed by atoms with van der Waals surface area (Å²) >= 11 is 0. The van der Waals surface area contributed by atoms with Crippen LogP contribution in [-0.2, 0) is 18.3 Å². The third kappa shape index (κ3) is 2.81. The van der Waals surface area contributed by atoms with Crippen LogP contribution < -0.4 is 0 Å². The first-order valence-corrected chi connectivity index (χ1v) is 6.36. The molecule has 0 unspecified atom stereocenters. The van der Waals surface area contributed by atoms with Gasteiger partial charge in [0.05, 0.1) is 19.3 Å². The van der Waals surface area contributed by atoms with Gasteiger partial charge in [-0.2, -0.15) is 4.80 Å². The van der Waals surface area contributed by atoms with Crippen LogP contribution in [0.2, 0.25) is 0 Å². The molecule has 0 radical (unpaired) electrons. The van der Waals surface area contributed by atoms with Gasteiger partial charge in [0.2, 0.25) is 0 Å². The fourth-order valence-corrected chi connectivity index (χ4v) is 1.87. The lowest BCUT2D eigenvalue weighted by Gasteiger charge is -2.09. The molecule has 0 aromatic carbocycles. The van der Waals surface area contributed by atoms with Gasteiger partial charge in [0.15, 0.2) is 11.5 Å². The van der Waals surface area contributed by atoms with Gasteiger partial charge in [-0.05, 0) is 18.1 Å². The molecule has 0 fully saturated rings. The van der Waals surface area contributed by atoms with Gasteiger partial charge in [0.1, 0.15) is 6.54 Å². The number of ether oxygens (including phenoxy) is 1. The Morgan fingerprint density at radius 2 is 2.05 bits per heavy atom. The van der Waals surface area contributed by atoms with Crippen molar-refractivity contribution in [3.05, 3.63) is 17.2 Å². The molecule has 0 aliphatic carbocycles. The molecule has 0 bridgehead atoms. The van der Waals surface area contributed by atoms with Crippen LogP contribution >= 0.6 is 0 Å². The van der Waals surface area contributed by atoms with E-state index in [0.29, 0.717) is 24.7 Å². The predicted octanol–water partition coefficient (Wildman–Crippen LogP) is 0.150. The quantitative estimate of drug-likeness (QED) is 0.718. The Morgan fingerprint density at radius 3 is 2.60 bits per heavy atom. The molecule has 2 rings (SSSR count). The summed E-state index contributed by atoms with van der Waals surface area (Å²) in [5.74, 6) is 0.116. The number of aryl methyl sites for hydroxylation is 1. The van der Waals surface area contributed by atoms with Crippen molar-refractivity contribution >= 4 is 5.97 Å². The molecule has 9 heteroatoms. The van der Waals surface area contributed by atoms with Crippen molar-refractivity contribution in [2.75, 3.05) is 6.61 Å². The van der Waals surface area contributed by atoms with E-state index in [1.165, 1.54) is 4.80 Å². The molecule has 0 aliphatic heterocycles. The minimum atomic E-state index is -0.463. The number of carbonyl (C=O) groups excluding carboxylic acids is 1. The van der Waals surface area contributed by atoms with Gasteiger partial charge >= 0.3 is 5.97 Å². The first-order chi connectivity index (χ1) is 9.52. The van der Waals surface area contributed by atoms with E-state index < -0.39 is 5.97 Å². The van der Waals surface area contributed by atoms with E-state index in [9.17, 15) is 4.79 Å². The summed E-state index contributed by atoms with van der Waals surface area (Å²) < 4.78 is 6.59. The van der Waals surface area contributed by atoms with Crippen molar-refractivity contribution in [1.29, 1.82) is 0 Å². The van der Waals surface area contributed by atoms with E-state index in [4.69, 9.17) is 4.74 Å². The standard InChI is InChI=1S/C11H17N7O2/c1-5-20-11(19)9-10(7(2)3)18(16-13-9)6-8-12-15-17(4)14-8/h7H,5-6H2,1-4H3. The molecular formula is C11H17N7O2. The van der Waals surface area contributed by atoms with Crippen molar-refractivity contribution in [3.63, 3.8) is 0 Å². The minimum Gasteiger partial charge on any atom is -0.461 e. The van der Waals surface area contributed by atoms with Crippen molar-refractivity contribution < 1.29 is 9.53 Å². The molecule has 2 aromatic rings. The second kappa shape index (κ2) is 5.76. The van der Waals surface area contributed by atoms with Crippen molar-refractivity contribution in [1.82, 2.24) is 35.2 Å². The van der Waals surface area contributed by atoms with Crippen LogP contribution in [0, 0.1) is 0 Å². The van der Waals surface area contributed by atoms with Crippen molar-refractivity contribution in [3.8, 4) is 0 Å². The highest BCUT2D eigenvalue weighted by atomic mass is 16.5. The van der Waals surface area contributed by atoms with Gasteiger partial charge < -0.3 is 4.74 Å².